The number of hydrogen-bond donors (Lipinski definition) is 1. The van der Waals surface area contributed by atoms with Crippen LogP contribution in [0.4, 0.5) is 0 Å². The Morgan fingerprint density at radius 3 is 2.47 bits per heavy atom. The molecule has 0 unspecified atom stereocenters. The largest absolute Gasteiger partial charge is 0.331 e. The van der Waals surface area contributed by atoms with Gasteiger partial charge in [0.05, 0.1) is 17.6 Å². The van der Waals surface area contributed by atoms with Crippen molar-refractivity contribution >= 4 is 23.3 Å². The first-order valence-electron chi connectivity index (χ1n) is 6.54. The minimum Gasteiger partial charge on any atom is -0.331 e. The second-order valence-corrected chi connectivity index (χ2v) is 5.04. The fraction of sp³-hybridized carbons (Fsp3) is 0.188. The molecule has 0 atom stereocenters. The van der Waals surface area contributed by atoms with Gasteiger partial charge >= 0.3 is 0 Å². The molecular weight excluding hydrogens is 252 g/mol. The van der Waals surface area contributed by atoms with Crippen LogP contribution >= 0.6 is 12.2 Å². The van der Waals surface area contributed by atoms with Crippen molar-refractivity contribution in [3.8, 4) is 0 Å². The van der Waals surface area contributed by atoms with Gasteiger partial charge in [-0.1, -0.05) is 43.3 Å². The minimum absolute atomic E-state index is 0.784. The molecular formula is C16H16N2S. The van der Waals surface area contributed by atoms with Crippen LogP contribution in [0.3, 0.4) is 0 Å². The molecule has 1 aromatic heterocycles. The van der Waals surface area contributed by atoms with Crippen LogP contribution < -0.4 is 0 Å². The lowest BCUT2D eigenvalue weighted by Crippen LogP contribution is -2.02. The van der Waals surface area contributed by atoms with E-state index in [1.165, 1.54) is 16.6 Å². The molecule has 0 bridgehead atoms. The third-order valence-corrected chi connectivity index (χ3v) is 3.83. The Morgan fingerprint density at radius 2 is 1.68 bits per heavy atom. The second kappa shape index (κ2) is 5.02. The molecule has 3 rings (SSSR count). The number of para-hydroxylation sites is 2. The number of benzene rings is 2. The van der Waals surface area contributed by atoms with Gasteiger partial charge in [0.15, 0.2) is 4.77 Å². The Hall–Kier alpha value is -1.87. The van der Waals surface area contributed by atoms with Gasteiger partial charge in [-0.25, -0.2) is 0 Å². The van der Waals surface area contributed by atoms with Crippen LogP contribution in [0, 0.1) is 4.77 Å². The maximum atomic E-state index is 5.44. The molecule has 1 N–H and O–H groups in total. The summed E-state index contributed by atoms with van der Waals surface area (Å²) in [5.74, 6) is 0. The van der Waals surface area contributed by atoms with Crippen molar-refractivity contribution in [1.82, 2.24) is 9.55 Å². The number of imidazole rings is 1. The van der Waals surface area contributed by atoms with Crippen molar-refractivity contribution in [2.24, 2.45) is 0 Å². The number of hydrogen-bond acceptors (Lipinski definition) is 1. The van der Waals surface area contributed by atoms with E-state index in [-0.39, 0.29) is 0 Å². The van der Waals surface area contributed by atoms with Gasteiger partial charge in [-0.05, 0) is 41.9 Å². The highest BCUT2D eigenvalue weighted by atomic mass is 32.1. The van der Waals surface area contributed by atoms with E-state index in [2.05, 4.69) is 52.9 Å². The van der Waals surface area contributed by atoms with E-state index in [0.717, 1.165) is 23.3 Å². The first-order chi connectivity index (χ1) is 9.29. The van der Waals surface area contributed by atoms with E-state index >= 15 is 0 Å². The summed E-state index contributed by atoms with van der Waals surface area (Å²) in [7, 11) is 0. The summed E-state index contributed by atoms with van der Waals surface area (Å²) in [4.78, 5) is 3.26. The van der Waals surface area contributed by atoms with E-state index in [1.54, 1.807) is 0 Å². The Balaban J connectivity index is 2.11. The van der Waals surface area contributed by atoms with Gasteiger partial charge in [0.25, 0.3) is 0 Å². The molecule has 0 saturated heterocycles. The van der Waals surface area contributed by atoms with Crippen LogP contribution in [0.15, 0.2) is 48.5 Å². The topological polar surface area (TPSA) is 20.7 Å². The SMILES string of the molecule is CCc1ccccc1Cn1c(=S)[nH]c2ccccc21. The predicted octanol–water partition coefficient (Wildman–Crippen LogP) is 4.31. The van der Waals surface area contributed by atoms with Gasteiger partial charge in [0.1, 0.15) is 0 Å². The van der Waals surface area contributed by atoms with Crippen molar-refractivity contribution in [2.75, 3.05) is 0 Å². The summed E-state index contributed by atoms with van der Waals surface area (Å²) >= 11 is 5.44. The van der Waals surface area contributed by atoms with Gasteiger partial charge in [0, 0.05) is 0 Å². The molecule has 0 saturated carbocycles. The molecule has 0 spiro atoms. The zero-order chi connectivity index (χ0) is 13.2. The summed E-state index contributed by atoms with van der Waals surface area (Å²) < 4.78 is 2.95. The number of nitrogens with one attached hydrogen (secondary N) is 1. The monoisotopic (exact) mass is 268 g/mol. The quantitative estimate of drug-likeness (QED) is 0.702. The molecule has 0 amide bonds. The van der Waals surface area contributed by atoms with Crippen LogP contribution in [0.5, 0.6) is 0 Å². The highest BCUT2D eigenvalue weighted by molar-refractivity contribution is 7.71. The fourth-order valence-corrected chi connectivity index (χ4v) is 2.76. The molecule has 0 radical (unpaired) electrons. The summed E-state index contributed by atoms with van der Waals surface area (Å²) in [5, 5.41) is 0. The Morgan fingerprint density at radius 1 is 1.00 bits per heavy atom. The number of aromatic nitrogens is 2. The number of fused-ring (bicyclic) bond motifs is 1. The van der Waals surface area contributed by atoms with E-state index in [1.807, 2.05) is 12.1 Å². The number of H-pyrrole nitrogens is 1. The van der Waals surface area contributed by atoms with E-state index in [9.17, 15) is 0 Å². The molecule has 19 heavy (non-hydrogen) atoms. The summed E-state index contributed by atoms with van der Waals surface area (Å²) in [6.45, 7) is 3.01. The lowest BCUT2D eigenvalue weighted by Gasteiger charge is -2.09. The molecule has 3 heteroatoms. The second-order valence-electron chi connectivity index (χ2n) is 4.66. The normalized spacial score (nSPS) is 11.0. The molecule has 0 fully saturated rings. The van der Waals surface area contributed by atoms with Crippen LogP contribution in [0.1, 0.15) is 18.1 Å². The molecule has 0 aliphatic heterocycles. The lowest BCUT2D eigenvalue weighted by atomic mass is 10.1. The molecule has 96 valence electrons. The molecule has 2 aromatic carbocycles. The zero-order valence-corrected chi connectivity index (χ0v) is 11.7. The van der Waals surface area contributed by atoms with Crippen LogP contribution in [0.25, 0.3) is 11.0 Å². The highest BCUT2D eigenvalue weighted by Crippen LogP contribution is 2.17. The third kappa shape index (κ3) is 2.22. The van der Waals surface area contributed by atoms with E-state index in [0.29, 0.717) is 0 Å². The molecule has 0 aliphatic rings. The predicted molar refractivity (Wildman–Crippen MR) is 82.0 cm³/mol. The Labute approximate surface area is 117 Å². The lowest BCUT2D eigenvalue weighted by molar-refractivity contribution is 0.799. The van der Waals surface area contributed by atoms with Gasteiger partial charge < -0.3 is 9.55 Å². The van der Waals surface area contributed by atoms with Crippen molar-refractivity contribution in [3.05, 3.63) is 64.4 Å². The standard InChI is InChI=1S/C16H16N2S/c1-2-12-7-3-4-8-13(12)11-18-15-10-6-5-9-14(15)17-16(18)19/h3-10H,2,11H2,1H3,(H,17,19). The highest BCUT2D eigenvalue weighted by Gasteiger charge is 2.06. The summed E-state index contributed by atoms with van der Waals surface area (Å²) in [6, 6.07) is 16.8. The van der Waals surface area contributed by atoms with Gasteiger partial charge in [-0.15, -0.1) is 0 Å². The van der Waals surface area contributed by atoms with Crippen molar-refractivity contribution in [1.29, 1.82) is 0 Å². The molecule has 0 aliphatic carbocycles. The first-order valence-corrected chi connectivity index (χ1v) is 6.94. The zero-order valence-electron chi connectivity index (χ0n) is 10.9. The minimum atomic E-state index is 0.784. The van der Waals surface area contributed by atoms with Crippen LogP contribution in [-0.4, -0.2) is 9.55 Å². The van der Waals surface area contributed by atoms with Gasteiger partial charge in [0.2, 0.25) is 0 Å². The van der Waals surface area contributed by atoms with Crippen molar-refractivity contribution < 1.29 is 0 Å². The molecule has 3 aromatic rings. The van der Waals surface area contributed by atoms with E-state index in [4.69, 9.17) is 12.2 Å². The smallest absolute Gasteiger partial charge is 0.178 e. The molecule has 2 nitrogen and oxygen atoms in total. The van der Waals surface area contributed by atoms with Crippen LogP contribution in [-0.2, 0) is 13.0 Å². The average molecular weight is 268 g/mol. The van der Waals surface area contributed by atoms with Gasteiger partial charge in [-0.2, -0.15) is 0 Å². The number of rotatable bonds is 3. The fourth-order valence-electron chi connectivity index (χ4n) is 2.49. The van der Waals surface area contributed by atoms with Crippen molar-refractivity contribution in [3.63, 3.8) is 0 Å². The molecule has 1 heterocycles. The average Bonchev–Trinajstić information content (AvgIpc) is 2.76. The number of aryl methyl sites for hydroxylation is 1. The van der Waals surface area contributed by atoms with Crippen molar-refractivity contribution in [2.45, 2.75) is 19.9 Å². The third-order valence-electron chi connectivity index (χ3n) is 3.51. The summed E-state index contributed by atoms with van der Waals surface area (Å²) in [5.41, 5.74) is 4.99. The number of nitrogens with zero attached hydrogens (tertiary/aromatic N) is 1. The Kier molecular flexibility index (Phi) is 3.22. The van der Waals surface area contributed by atoms with Crippen LogP contribution in [0.2, 0.25) is 0 Å². The van der Waals surface area contributed by atoms with Gasteiger partial charge in [-0.3, -0.25) is 0 Å². The number of aromatic amines is 1. The summed E-state index contributed by atoms with van der Waals surface area (Å²) in [6.07, 6.45) is 1.05. The van der Waals surface area contributed by atoms with E-state index < -0.39 is 0 Å². The Bertz CT molecular complexity index is 768. The maximum absolute atomic E-state index is 5.44. The first kappa shape index (κ1) is 12.2. The maximum Gasteiger partial charge on any atom is 0.178 e.